The van der Waals surface area contributed by atoms with Gasteiger partial charge in [0.2, 0.25) is 0 Å². The molecule has 0 amide bonds. The zero-order valence-electron chi connectivity index (χ0n) is 11.3. The molecule has 2 rings (SSSR count). The number of benzene rings is 1. The molecule has 0 spiro atoms. The molecule has 1 aromatic rings. The molecule has 0 unspecified atom stereocenters. The standard InChI is InChI=1S/C15H19NO2S/c1-3-9-16-10-7-13(8-11-16)14-5-4-6-15(12-14)19(2,17)18/h4-8,10,12H,3,9,11H2,1-2H3. The van der Waals surface area contributed by atoms with Crippen molar-refractivity contribution in [2.75, 3.05) is 19.3 Å². The SMILES string of the molecule is CCCN1C=CC(c2cccc(S(C)(=O)=O)c2)=CC1. The molecule has 0 aliphatic carbocycles. The molecule has 0 bridgehead atoms. The van der Waals surface area contributed by atoms with E-state index in [-0.39, 0.29) is 0 Å². The Morgan fingerprint density at radius 3 is 2.68 bits per heavy atom. The molecular weight excluding hydrogens is 258 g/mol. The third kappa shape index (κ3) is 3.47. The molecule has 1 heterocycles. The smallest absolute Gasteiger partial charge is 0.175 e. The molecule has 0 radical (unpaired) electrons. The lowest BCUT2D eigenvalue weighted by Gasteiger charge is -2.22. The molecule has 0 fully saturated rings. The van der Waals surface area contributed by atoms with Crippen molar-refractivity contribution in [3.05, 3.63) is 48.2 Å². The lowest BCUT2D eigenvalue weighted by Crippen LogP contribution is -2.20. The van der Waals surface area contributed by atoms with Gasteiger partial charge in [-0.15, -0.1) is 0 Å². The Kier molecular flexibility index (Phi) is 4.10. The highest BCUT2D eigenvalue weighted by atomic mass is 32.2. The van der Waals surface area contributed by atoms with Gasteiger partial charge in [0.1, 0.15) is 0 Å². The minimum absolute atomic E-state index is 0.371. The van der Waals surface area contributed by atoms with Crippen LogP contribution in [0.25, 0.3) is 5.57 Å². The first-order chi connectivity index (χ1) is 9.00. The van der Waals surface area contributed by atoms with Crippen LogP contribution in [-0.4, -0.2) is 32.7 Å². The van der Waals surface area contributed by atoms with E-state index in [4.69, 9.17) is 0 Å². The molecule has 3 nitrogen and oxygen atoms in total. The first-order valence-corrected chi connectivity index (χ1v) is 8.33. The first kappa shape index (κ1) is 13.9. The topological polar surface area (TPSA) is 37.4 Å². The number of hydrogen-bond acceptors (Lipinski definition) is 3. The number of nitrogens with zero attached hydrogens (tertiary/aromatic N) is 1. The van der Waals surface area contributed by atoms with E-state index in [0.717, 1.165) is 30.6 Å². The third-order valence-corrected chi connectivity index (χ3v) is 4.23. The Hall–Kier alpha value is -1.55. The molecule has 0 atom stereocenters. The van der Waals surface area contributed by atoms with Gasteiger partial charge in [0.25, 0.3) is 0 Å². The summed E-state index contributed by atoms with van der Waals surface area (Å²) in [6.45, 7) is 4.08. The summed E-state index contributed by atoms with van der Waals surface area (Å²) in [5, 5.41) is 0. The lowest BCUT2D eigenvalue weighted by atomic mass is 10.0. The van der Waals surface area contributed by atoms with Gasteiger partial charge in [-0.2, -0.15) is 0 Å². The summed E-state index contributed by atoms with van der Waals surface area (Å²) in [6, 6.07) is 7.11. The van der Waals surface area contributed by atoms with Gasteiger partial charge in [0.05, 0.1) is 4.90 Å². The third-order valence-electron chi connectivity index (χ3n) is 3.12. The highest BCUT2D eigenvalue weighted by molar-refractivity contribution is 7.90. The van der Waals surface area contributed by atoms with Crippen molar-refractivity contribution < 1.29 is 8.42 Å². The maximum atomic E-state index is 11.6. The Morgan fingerprint density at radius 1 is 1.32 bits per heavy atom. The van der Waals surface area contributed by atoms with Crippen LogP contribution in [0.5, 0.6) is 0 Å². The molecular formula is C15H19NO2S. The summed E-state index contributed by atoms with van der Waals surface area (Å²) in [5.74, 6) is 0. The largest absolute Gasteiger partial charge is 0.374 e. The summed E-state index contributed by atoms with van der Waals surface area (Å²) in [6.07, 6.45) is 8.61. The van der Waals surface area contributed by atoms with Gasteiger partial charge >= 0.3 is 0 Å². The molecule has 19 heavy (non-hydrogen) atoms. The van der Waals surface area contributed by atoms with Crippen LogP contribution in [0.15, 0.2) is 47.5 Å². The molecule has 0 saturated carbocycles. The lowest BCUT2D eigenvalue weighted by molar-refractivity contribution is 0.412. The monoisotopic (exact) mass is 277 g/mol. The van der Waals surface area contributed by atoms with E-state index in [2.05, 4.69) is 24.1 Å². The maximum absolute atomic E-state index is 11.6. The van der Waals surface area contributed by atoms with E-state index in [9.17, 15) is 8.42 Å². The fourth-order valence-electron chi connectivity index (χ4n) is 2.10. The van der Waals surface area contributed by atoms with Crippen molar-refractivity contribution in [1.82, 2.24) is 4.90 Å². The maximum Gasteiger partial charge on any atom is 0.175 e. The van der Waals surface area contributed by atoms with Crippen molar-refractivity contribution in [2.24, 2.45) is 0 Å². The van der Waals surface area contributed by atoms with E-state index in [1.165, 1.54) is 6.26 Å². The van der Waals surface area contributed by atoms with Gasteiger partial charge in [-0.25, -0.2) is 8.42 Å². The van der Waals surface area contributed by atoms with E-state index < -0.39 is 9.84 Å². The van der Waals surface area contributed by atoms with E-state index in [1.807, 2.05) is 12.1 Å². The van der Waals surface area contributed by atoms with Crippen LogP contribution in [0.2, 0.25) is 0 Å². The zero-order chi connectivity index (χ0) is 13.9. The Morgan fingerprint density at radius 2 is 2.11 bits per heavy atom. The van der Waals surface area contributed by atoms with Crippen molar-refractivity contribution >= 4 is 15.4 Å². The number of rotatable bonds is 4. The number of allylic oxidation sites excluding steroid dienone is 2. The Bertz CT molecular complexity index is 615. The van der Waals surface area contributed by atoms with Crippen LogP contribution in [-0.2, 0) is 9.84 Å². The fraction of sp³-hybridized carbons (Fsp3) is 0.333. The van der Waals surface area contributed by atoms with Crippen LogP contribution in [0.4, 0.5) is 0 Å². The second kappa shape index (κ2) is 5.61. The predicted octanol–water partition coefficient (Wildman–Crippen LogP) is 2.71. The van der Waals surface area contributed by atoms with Gasteiger partial charge in [-0.1, -0.05) is 25.1 Å². The average molecular weight is 277 g/mol. The van der Waals surface area contributed by atoms with Crippen molar-refractivity contribution in [3.63, 3.8) is 0 Å². The van der Waals surface area contributed by atoms with Crippen LogP contribution in [0, 0.1) is 0 Å². The van der Waals surface area contributed by atoms with Gasteiger partial charge < -0.3 is 4.90 Å². The molecule has 1 aromatic carbocycles. The number of hydrogen-bond donors (Lipinski definition) is 0. The highest BCUT2D eigenvalue weighted by Crippen LogP contribution is 2.22. The van der Waals surface area contributed by atoms with Crippen LogP contribution < -0.4 is 0 Å². The van der Waals surface area contributed by atoms with E-state index >= 15 is 0 Å². The van der Waals surface area contributed by atoms with Crippen LogP contribution in [0.3, 0.4) is 0 Å². The summed E-state index contributed by atoms with van der Waals surface area (Å²) < 4.78 is 23.1. The molecule has 4 heteroatoms. The number of sulfone groups is 1. The van der Waals surface area contributed by atoms with Crippen LogP contribution >= 0.6 is 0 Å². The minimum Gasteiger partial charge on any atom is -0.374 e. The first-order valence-electron chi connectivity index (χ1n) is 6.43. The summed E-state index contributed by atoms with van der Waals surface area (Å²) in [4.78, 5) is 2.61. The molecule has 0 aromatic heterocycles. The molecule has 1 aliphatic heterocycles. The fourth-order valence-corrected chi connectivity index (χ4v) is 2.77. The minimum atomic E-state index is -3.15. The van der Waals surface area contributed by atoms with E-state index in [1.54, 1.807) is 18.2 Å². The van der Waals surface area contributed by atoms with Gasteiger partial charge in [-0.05, 0) is 42.0 Å². The molecule has 1 aliphatic rings. The van der Waals surface area contributed by atoms with Crippen LogP contribution in [0.1, 0.15) is 18.9 Å². The van der Waals surface area contributed by atoms with Gasteiger partial charge in [0, 0.05) is 19.3 Å². The molecule has 0 N–H and O–H groups in total. The zero-order valence-corrected chi connectivity index (χ0v) is 12.2. The predicted molar refractivity (Wildman–Crippen MR) is 78.5 cm³/mol. The Balaban J connectivity index is 2.23. The second-order valence-electron chi connectivity index (χ2n) is 4.77. The average Bonchev–Trinajstić information content (AvgIpc) is 2.39. The second-order valence-corrected chi connectivity index (χ2v) is 6.79. The van der Waals surface area contributed by atoms with E-state index in [0.29, 0.717) is 4.90 Å². The molecule has 102 valence electrons. The van der Waals surface area contributed by atoms with Gasteiger partial charge in [0.15, 0.2) is 9.84 Å². The van der Waals surface area contributed by atoms with Crippen molar-refractivity contribution in [1.29, 1.82) is 0 Å². The van der Waals surface area contributed by atoms with Crippen molar-refractivity contribution in [2.45, 2.75) is 18.2 Å². The Labute approximate surface area is 115 Å². The summed E-state index contributed by atoms with van der Waals surface area (Å²) in [5.41, 5.74) is 2.04. The summed E-state index contributed by atoms with van der Waals surface area (Å²) in [7, 11) is -3.15. The van der Waals surface area contributed by atoms with Gasteiger partial charge in [-0.3, -0.25) is 0 Å². The van der Waals surface area contributed by atoms with Crippen molar-refractivity contribution in [3.8, 4) is 0 Å². The summed E-state index contributed by atoms with van der Waals surface area (Å²) >= 11 is 0. The molecule has 0 saturated heterocycles. The quantitative estimate of drug-likeness (QED) is 0.849. The normalized spacial score (nSPS) is 15.5. The highest BCUT2D eigenvalue weighted by Gasteiger charge is 2.10.